The van der Waals surface area contributed by atoms with Gasteiger partial charge in [0, 0.05) is 55.6 Å². The number of rotatable bonds is 6. The van der Waals surface area contributed by atoms with Gasteiger partial charge in [0.05, 0.1) is 26.4 Å². The van der Waals surface area contributed by atoms with E-state index in [1.807, 2.05) is 24.3 Å². The first-order valence-electron chi connectivity index (χ1n) is 12.4. The molecule has 2 fully saturated rings. The second kappa shape index (κ2) is 10.5. The SMILES string of the molecule is COc1cccc(N2CCN(Cc3c(O)c(OC)c(O)c4c3C(=O)OC3C4OC(CO)C(O)C3O)CC2)c1. The summed E-state index contributed by atoms with van der Waals surface area (Å²) >= 11 is 0. The number of carbonyl (C=O) groups excluding carboxylic acids is 1. The molecule has 0 saturated carbocycles. The van der Waals surface area contributed by atoms with Gasteiger partial charge in [0.15, 0.2) is 17.6 Å². The van der Waals surface area contributed by atoms with Crippen molar-refractivity contribution in [1.29, 1.82) is 0 Å². The zero-order valence-corrected chi connectivity index (χ0v) is 21.1. The number of aliphatic hydroxyl groups is 3. The Balaban J connectivity index is 1.45. The van der Waals surface area contributed by atoms with E-state index in [4.69, 9.17) is 18.9 Å². The maximum atomic E-state index is 13.2. The molecule has 0 amide bonds. The molecule has 3 heterocycles. The number of anilines is 1. The van der Waals surface area contributed by atoms with Crippen molar-refractivity contribution in [3.8, 4) is 23.0 Å². The van der Waals surface area contributed by atoms with Gasteiger partial charge in [-0.1, -0.05) is 6.07 Å². The van der Waals surface area contributed by atoms with E-state index in [1.165, 1.54) is 7.11 Å². The van der Waals surface area contributed by atoms with Gasteiger partial charge in [-0.15, -0.1) is 0 Å². The summed E-state index contributed by atoms with van der Waals surface area (Å²) in [4.78, 5) is 17.5. The first kappa shape index (κ1) is 26.3. The van der Waals surface area contributed by atoms with E-state index in [-0.39, 0.29) is 29.0 Å². The average molecular weight is 533 g/mol. The van der Waals surface area contributed by atoms with Crippen molar-refractivity contribution in [1.82, 2.24) is 4.90 Å². The zero-order chi connectivity index (χ0) is 27.1. The summed E-state index contributed by atoms with van der Waals surface area (Å²) in [6.07, 6.45) is -6.76. The smallest absolute Gasteiger partial charge is 0.339 e. The number of hydrogen-bond acceptors (Lipinski definition) is 12. The van der Waals surface area contributed by atoms with E-state index in [2.05, 4.69) is 9.80 Å². The minimum absolute atomic E-state index is 0.0182. The fourth-order valence-corrected chi connectivity index (χ4v) is 5.46. The molecule has 5 rings (SSSR count). The molecular formula is C26H32N2O10. The lowest BCUT2D eigenvalue weighted by molar-refractivity contribution is -0.235. The van der Waals surface area contributed by atoms with Crippen LogP contribution in [0.1, 0.15) is 27.6 Å². The average Bonchev–Trinajstić information content (AvgIpc) is 2.93. The topological polar surface area (TPSA) is 162 Å². The number of aromatic hydroxyl groups is 2. The number of ether oxygens (including phenoxy) is 4. The van der Waals surface area contributed by atoms with E-state index >= 15 is 0 Å². The van der Waals surface area contributed by atoms with E-state index in [0.717, 1.165) is 11.4 Å². The number of esters is 1. The quantitative estimate of drug-likeness (QED) is 0.320. The van der Waals surface area contributed by atoms with E-state index in [0.29, 0.717) is 26.2 Å². The second-order valence-corrected chi connectivity index (χ2v) is 9.59. The first-order chi connectivity index (χ1) is 18.3. The van der Waals surface area contributed by atoms with Crippen LogP contribution in [0.25, 0.3) is 0 Å². The molecule has 12 heteroatoms. The molecular weight excluding hydrogens is 500 g/mol. The van der Waals surface area contributed by atoms with Crippen LogP contribution in [0.5, 0.6) is 23.0 Å². The molecule has 5 N–H and O–H groups in total. The predicted octanol–water partition coefficient (Wildman–Crippen LogP) is 0.130. The molecule has 0 bridgehead atoms. The van der Waals surface area contributed by atoms with Crippen molar-refractivity contribution in [2.75, 3.05) is 51.9 Å². The van der Waals surface area contributed by atoms with Crippen molar-refractivity contribution in [3.63, 3.8) is 0 Å². The number of methoxy groups -OCH3 is 2. The molecule has 3 aliphatic heterocycles. The van der Waals surface area contributed by atoms with Gasteiger partial charge in [0.25, 0.3) is 0 Å². The summed E-state index contributed by atoms with van der Waals surface area (Å²) in [6.45, 7) is 2.15. The first-order valence-corrected chi connectivity index (χ1v) is 12.4. The van der Waals surface area contributed by atoms with Crippen molar-refractivity contribution >= 4 is 11.7 Å². The Morgan fingerprint density at radius 1 is 1.03 bits per heavy atom. The molecule has 38 heavy (non-hydrogen) atoms. The number of phenolic OH excluding ortho intramolecular Hbond substituents is 2. The van der Waals surface area contributed by atoms with Crippen LogP contribution in [0.3, 0.4) is 0 Å². The van der Waals surface area contributed by atoms with Crippen LogP contribution in [0, 0.1) is 0 Å². The highest BCUT2D eigenvalue weighted by Crippen LogP contribution is 2.52. The van der Waals surface area contributed by atoms with Gasteiger partial charge in [-0.2, -0.15) is 0 Å². The van der Waals surface area contributed by atoms with Gasteiger partial charge in [-0.3, -0.25) is 4.90 Å². The van der Waals surface area contributed by atoms with Gasteiger partial charge in [0.1, 0.15) is 30.2 Å². The molecule has 0 aliphatic carbocycles. The lowest BCUT2D eigenvalue weighted by atomic mass is 9.84. The van der Waals surface area contributed by atoms with Crippen LogP contribution in [0.2, 0.25) is 0 Å². The Bertz CT molecular complexity index is 1200. The molecule has 5 unspecified atom stereocenters. The van der Waals surface area contributed by atoms with Crippen molar-refractivity contribution in [2.45, 2.75) is 37.1 Å². The number of phenols is 2. The van der Waals surface area contributed by atoms with Gasteiger partial charge >= 0.3 is 5.97 Å². The summed E-state index contributed by atoms with van der Waals surface area (Å²) < 4.78 is 21.8. The number of carbonyl (C=O) groups is 1. The minimum atomic E-state index is -1.56. The summed E-state index contributed by atoms with van der Waals surface area (Å²) in [5.74, 6) is -1.28. The number of hydrogen-bond donors (Lipinski definition) is 5. The lowest BCUT2D eigenvalue weighted by Gasteiger charge is -2.45. The molecule has 0 aromatic heterocycles. The van der Waals surface area contributed by atoms with Crippen LogP contribution in [-0.2, 0) is 16.0 Å². The fraction of sp³-hybridized carbons (Fsp3) is 0.500. The Labute approximate surface area is 219 Å². The second-order valence-electron chi connectivity index (χ2n) is 9.59. The van der Waals surface area contributed by atoms with Gasteiger partial charge in [-0.05, 0) is 12.1 Å². The summed E-state index contributed by atoms with van der Waals surface area (Å²) in [6, 6.07) is 7.78. The lowest BCUT2D eigenvalue weighted by Crippen LogP contribution is -2.58. The highest BCUT2D eigenvalue weighted by Gasteiger charge is 2.53. The van der Waals surface area contributed by atoms with Crippen LogP contribution < -0.4 is 14.4 Å². The van der Waals surface area contributed by atoms with Crippen molar-refractivity contribution in [3.05, 3.63) is 41.0 Å². The fourth-order valence-electron chi connectivity index (χ4n) is 5.46. The molecule has 0 spiro atoms. The molecule has 0 radical (unpaired) electrons. The van der Waals surface area contributed by atoms with Crippen LogP contribution in [0.15, 0.2) is 24.3 Å². The summed E-state index contributed by atoms with van der Waals surface area (Å²) in [5, 5.41) is 52.5. The van der Waals surface area contributed by atoms with E-state index in [9.17, 15) is 30.3 Å². The number of benzene rings is 2. The molecule has 12 nitrogen and oxygen atoms in total. The minimum Gasteiger partial charge on any atom is -0.504 e. The number of nitrogens with zero attached hydrogens (tertiary/aromatic N) is 2. The third kappa shape index (κ3) is 4.37. The summed E-state index contributed by atoms with van der Waals surface area (Å²) in [5.41, 5.74) is 1.12. The normalized spacial score (nSPS) is 27.3. The maximum absolute atomic E-state index is 13.2. The van der Waals surface area contributed by atoms with Gasteiger partial charge in [-0.25, -0.2) is 4.79 Å². The molecule has 2 aromatic rings. The van der Waals surface area contributed by atoms with E-state index in [1.54, 1.807) is 7.11 Å². The number of fused-ring (bicyclic) bond motifs is 3. The Morgan fingerprint density at radius 2 is 1.76 bits per heavy atom. The van der Waals surface area contributed by atoms with Gasteiger partial charge < -0.3 is 49.4 Å². The predicted molar refractivity (Wildman–Crippen MR) is 133 cm³/mol. The third-order valence-electron chi connectivity index (χ3n) is 7.52. The highest BCUT2D eigenvalue weighted by molar-refractivity contribution is 5.97. The standard InChI is InChI=1S/C26H32N2O10/c1-35-14-5-3-4-13(10-14)28-8-6-27(7-9-28)11-15-17-18(21(32)24(36-2)19(15)30)23-25(38-26(17)34)22(33)20(31)16(12-29)37-23/h3-5,10,16,20,22-23,25,29-33H,6-9,11-12H2,1-2H3. The summed E-state index contributed by atoms with van der Waals surface area (Å²) in [7, 11) is 2.89. The van der Waals surface area contributed by atoms with Gasteiger partial charge in [0.2, 0.25) is 5.75 Å². The number of piperazine rings is 1. The Kier molecular flexibility index (Phi) is 7.25. The molecule has 2 aromatic carbocycles. The maximum Gasteiger partial charge on any atom is 0.339 e. The van der Waals surface area contributed by atoms with Crippen LogP contribution in [0.4, 0.5) is 5.69 Å². The van der Waals surface area contributed by atoms with Crippen molar-refractivity contribution in [2.24, 2.45) is 0 Å². The van der Waals surface area contributed by atoms with Crippen LogP contribution in [-0.4, -0.2) is 108 Å². The third-order valence-corrected chi connectivity index (χ3v) is 7.52. The molecule has 206 valence electrons. The highest BCUT2D eigenvalue weighted by atomic mass is 16.6. The number of aliphatic hydroxyl groups excluding tert-OH is 3. The molecule has 2 saturated heterocycles. The van der Waals surface area contributed by atoms with E-state index < -0.39 is 54.6 Å². The molecule has 3 aliphatic rings. The molecule has 5 atom stereocenters. The van der Waals surface area contributed by atoms with Crippen LogP contribution >= 0.6 is 0 Å². The Hall–Kier alpha value is -3.29. The monoisotopic (exact) mass is 532 g/mol. The Morgan fingerprint density at radius 3 is 2.42 bits per heavy atom. The largest absolute Gasteiger partial charge is 0.504 e. The van der Waals surface area contributed by atoms with Crippen molar-refractivity contribution < 1.29 is 49.3 Å². The zero-order valence-electron chi connectivity index (χ0n) is 21.1.